The second-order valence-electron chi connectivity index (χ2n) is 13.4. The molecular weight excluding hydrogens is 762 g/mol. The molecule has 1 N–H and O–H groups in total. The molecule has 270 valence electrons. The Hall–Kier alpha value is -4.02. The van der Waals surface area contributed by atoms with Gasteiger partial charge in [-0.05, 0) is 62.9 Å². The maximum Gasteiger partial charge on any atom is 0.265 e. The van der Waals surface area contributed by atoms with Gasteiger partial charge in [0.15, 0.2) is 17.3 Å². The van der Waals surface area contributed by atoms with E-state index < -0.39 is 52.8 Å². The minimum Gasteiger partial charge on any atom is -0.483 e. The molecule has 0 aliphatic rings. The summed E-state index contributed by atoms with van der Waals surface area (Å²) >= 11 is 3.50. The summed E-state index contributed by atoms with van der Waals surface area (Å²) in [7, 11) is -5.96. The maximum absolute atomic E-state index is 14.0. The number of rotatable bonds is 16. The van der Waals surface area contributed by atoms with Crippen molar-refractivity contribution in [3.63, 3.8) is 0 Å². The SMILES string of the molecule is C[Si](C)(C)CCOCn1cc(OCc2ccccc2)c(=O)c(-c2ncc(Br)n2CC(CS(=O)(=O)O)C(c2ccc(F)cc2)c2ccc(F)cc2)n1. The highest BCUT2D eigenvalue weighted by molar-refractivity contribution is 9.10. The highest BCUT2D eigenvalue weighted by Crippen LogP contribution is 2.36. The quantitative estimate of drug-likeness (QED) is 0.0623. The molecule has 0 fully saturated rings. The van der Waals surface area contributed by atoms with Crippen LogP contribution in [0, 0.1) is 17.6 Å². The minimum atomic E-state index is -4.59. The van der Waals surface area contributed by atoms with Crippen molar-refractivity contribution in [1.82, 2.24) is 19.3 Å². The van der Waals surface area contributed by atoms with Crippen LogP contribution in [0.2, 0.25) is 25.7 Å². The molecule has 0 amide bonds. The third-order valence-electron chi connectivity index (χ3n) is 8.18. The zero-order chi connectivity index (χ0) is 36.8. The van der Waals surface area contributed by atoms with Crippen LogP contribution >= 0.6 is 15.9 Å². The standard InChI is InChI=1S/C36H39BrF2N4O6SSi/c1-51(2,3)18-17-48-24-42-21-31(49-22-25-7-5-4-6-8-25)35(44)34(41-42)36-40-19-32(37)43(36)20-28(23-50(45,46)47)33(26-9-13-29(38)14-10-26)27-11-15-30(39)16-12-27/h4-16,19,21,28,33H,17-18,20,22-24H2,1-3H3,(H,45,46,47). The Balaban J connectivity index is 1.58. The van der Waals surface area contributed by atoms with Crippen molar-refractivity contribution in [2.45, 2.75) is 51.5 Å². The van der Waals surface area contributed by atoms with E-state index in [2.05, 4.69) is 45.7 Å². The lowest BCUT2D eigenvalue weighted by molar-refractivity contribution is 0.0766. The molecule has 0 radical (unpaired) electrons. The third kappa shape index (κ3) is 10.7. The number of halogens is 3. The fraction of sp³-hybridized carbons (Fsp3) is 0.306. The van der Waals surface area contributed by atoms with E-state index in [1.807, 2.05) is 30.3 Å². The fourth-order valence-electron chi connectivity index (χ4n) is 5.65. The first kappa shape index (κ1) is 38.2. The first-order valence-corrected chi connectivity index (χ1v) is 22.3. The molecule has 0 aliphatic carbocycles. The zero-order valence-electron chi connectivity index (χ0n) is 28.4. The lowest BCUT2D eigenvalue weighted by atomic mass is 9.81. The van der Waals surface area contributed by atoms with Gasteiger partial charge in [-0.2, -0.15) is 13.5 Å². The van der Waals surface area contributed by atoms with Gasteiger partial charge < -0.3 is 14.0 Å². The Morgan fingerprint density at radius 2 is 1.55 bits per heavy atom. The predicted octanol–water partition coefficient (Wildman–Crippen LogP) is 7.37. The van der Waals surface area contributed by atoms with Gasteiger partial charge in [0.05, 0.1) is 18.1 Å². The second-order valence-corrected chi connectivity index (χ2v) is 21.4. The Labute approximate surface area is 305 Å². The average Bonchev–Trinajstić information content (AvgIpc) is 3.43. The number of benzene rings is 3. The van der Waals surface area contributed by atoms with Crippen molar-refractivity contribution in [3.05, 3.63) is 134 Å². The molecule has 3 aromatic carbocycles. The Kier molecular flexibility index (Phi) is 12.4. The van der Waals surface area contributed by atoms with Crippen LogP contribution in [0.5, 0.6) is 5.75 Å². The Morgan fingerprint density at radius 1 is 0.941 bits per heavy atom. The van der Waals surface area contributed by atoms with E-state index in [0.717, 1.165) is 11.6 Å². The lowest BCUT2D eigenvalue weighted by Gasteiger charge is -2.28. The van der Waals surface area contributed by atoms with E-state index in [1.165, 1.54) is 65.6 Å². The lowest BCUT2D eigenvalue weighted by Crippen LogP contribution is -2.28. The highest BCUT2D eigenvalue weighted by Gasteiger charge is 2.32. The van der Waals surface area contributed by atoms with E-state index in [9.17, 15) is 26.5 Å². The topological polar surface area (TPSA) is 126 Å². The van der Waals surface area contributed by atoms with E-state index in [4.69, 9.17) is 9.47 Å². The molecule has 10 nitrogen and oxygen atoms in total. The average molecular weight is 802 g/mol. The molecule has 0 aliphatic heterocycles. The largest absolute Gasteiger partial charge is 0.483 e. The van der Waals surface area contributed by atoms with Crippen LogP contribution in [0.1, 0.15) is 22.6 Å². The number of imidazole rings is 1. The van der Waals surface area contributed by atoms with Gasteiger partial charge in [-0.3, -0.25) is 9.35 Å². The zero-order valence-corrected chi connectivity index (χ0v) is 31.8. The normalized spacial score (nSPS) is 12.7. The number of hydrogen-bond donors (Lipinski definition) is 1. The maximum atomic E-state index is 14.0. The molecule has 5 rings (SSSR count). The summed E-state index contributed by atoms with van der Waals surface area (Å²) in [5.74, 6) is -3.30. The molecule has 0 saturated heterocycles. The van der Waals surface area contributed by atoms with E-state index in [-0.39, 0.29) is 37.2 Å². The third-order valence-corrected chi connectivity index (χ3v) is 11.4. The van der Waals surface area contributed by atoms with Gasteiger partial charge in [-0.1, -0.05) is 74.2 Å². The summed E-state index contributed by atoms with van der Waals surface area (Å²) in [5.41, 5.74) is 1.27. The van der Waals surface area contributed by atoms with Gasteiger partial charge >= 0.3 is 0 Å². The van der Waals surface area contributed by atoms with Crippen molar-refractivity contribution < 1.29 is 31.2 Å². The van der Waals surface area contributed by atoms with Crippen molar-refractivity contribution in [1.29, 1.82) is 0 Å². The van der Waals surface area contributed by atoms with Gasteiger partial charge in [0, 0.05) is 33.1 Å². The molecule has 2 heterocycles. The second kappa shape index (κ2) is 16.5. The van der Waals surface area contributed by atoms with E-state index in [1.54, 1.807) is 4.57 Å². The first-order chi connectivity index (χ1) is 24.2. The molecular formula is C36H39BrF2N4O6SSi. The van der Waals surface area contributed by atoms with Crippen molar-refractivity contribution in [2.24, 2.45) is 5.92 Å². The summed E-state index contributed by atoms with van der Waals surface area (Å²) in [6, 6.07) is 21.3. The van der Waals surface area contributed by atoms with Crippen LogP contribution in [0.15, 0.2) is 101 Å². The van der Waals surface area contributed by atoms with Gasteiger partial charge in [-0.15, -0.1) is 0 Å². The predicted molar refractivity (Wildman–Crippen MR) is 197 cm³/mol. The van der Waals surface area contributed by atoms with Crippen LogP contribution < -0.4 is 10.2 Å². The summed E-state index contributed by atoms with van der Waals surface area (Å²) in [6.07, 6.45) is 2.93. The molecule has 1 unspecified atom stereocenters. The molecule has 15 heteroatoms. The van der Waals surface area contributed by atoms with Gasteiger partial charge in [-0.25, -0.2) is 18.4 Å². The number of aromatic nitrogens is 4. The highest BCUT2D eigenvalue weighted by atomic mass is 79.9. The first-order valence-electron chi connectivity index (χ1n) is 16.2. The number of nitrogens with zero attached hydrogens (tertiary/aromatic N) is 4. The van der Waals surface area contributed by atoms with E-state index in [0.29, 0.717) is 22.3 Å². The minimum absolute atomic E-state index is 0.00769. The van der Waals surface area contributed by atoms with Crippen LogP contribution in [0.4, 0.5) is 8.78 Å². The van der Waals surface area contributed by atoms with Crippen molar-refractivity contribution in [3.8, 4) is 17.3 Å². The summed E-state index contributed by atoms with van der Waals surface area (Å²) in [6.45, 7) is 7.26. The van der Waals surface area contributed by atoms with E-state index >= 15 is 0 Å². The molecule has 5 aromatic rings. The smallest absolute Gasteiger partial charge is 0.265 e. The van der Waals surface area contributed by atoms with Crippen LogP contribution in [0.3, 0.4) is 0 Å². The number of ether oxygens (including phenoxy) is 2. The van der Waals surface area contributed by atoms with Crippen LogP contribution in [0.25, 0.3) is 11.5 Å². The van der Waals surface area contributed by atoms with Crippen LogP contribution in [-0.4, -0.2) is 52.7 Å². The molecule has 51 heavy (non-hydrogen) atoms. The van der Waals surface area contributed by atoms with Crippen molar-refractivity contribution >= 4 is 34.1 Å². The van der Waals surface area contributed by atoms with Crippen molar-refractivity contribution in [2.75, 3.05) is 12.4 Å². The Bertz CT molecular complexity index is 2050. The van der Waals surface area contributed by atoms with Gasteiger partial charge in [0.25, 0.3) is 15.5 Å². The fourth-order valence-corrected chi connectivity index (χ4v) is 7.67. The van der Waals surface area contributed by atoms with Crippen LogP contribution in [-0.2, 0) is 34.7 Å². The molecule has 1 atom stereocenters. The monoisotopic (exact) mass is 800 g/mol. The van der Waals surface area contributed by atoms with Gasteiger partial charge in [0.2, 0.25) is 0 Å². The summed E-state index contributed by atoms with van der Waals surface area (Å²) in [4.78, 5) is 18.5. The molecule has 0 spiro atoms. The van der Waals surface area contributed by atoms with Gasteiger partial charge in [0.1, 0.15) is 29.6 Å². The number of hydrogen-bond acceptors (Lipinski definition) is 7. The molecule has 0 bridgehead atoms. The summed E-state index contributed by atoms with van der Waals surface area (Å²) < 4.78 is 78.6. The summed E-state index contributed by atoms with van der Waals surface area (Å²) in [5, 5.41) is 4.58. The molecule has 2 aromatic heterocycles. The Morgan fingerprint density at radius 3 is 2.12 bits per heavy atom. The molecule has 0 saturated carbocycles.